The van der Waals surface area contributed by atoms with Gasteiger partial charge in [-0.25, -0.2) is 17.6 Å². The van der Waals surface area contributed by atoms with Gasteiger partial charge < -0.3 is 0 Å². The number of carbonyl (C=O) groups excluding carboxylic acids is 1. The zero-order valence-corrected chi connectivity index (χ0v) is 10.9. The molecule has 1 amide bonds. The zero-order valence-electron chi connectivity index (χ0n) is 10.2. The van der Waals surface area contributed by atoms with Crippen molar-refractivity contribution in [1.82, 2.24) is 5.43 Å². The van der Waals surface area contributed by atoms with Crippen molar-refractivity contribution in [3.63, 3.8) is 0 Å². The third kappa shape index (κ3) is 3.25. The Labute approximate surface area is 121 Å². The Hall–Kier alpha value is -2.28. The predicted molar refractivity (Wildman–Crippen MR) is 68.8 cm³/mol. The third-order valence-corrected chi connectivity index (χ3v) is 2.77. The van der Waals surface area contributed by atoms with E-state index in [1.165, 1.54) is 24.3 Å². The first-order valence-electron chi connectivity index (χ1n) is 5.55. The summed E-state index contributed by atoms with van der Waals surface area (Å²) >= 11 is 5.64. The molecule has 0 heterocycles. The molecule has 2 rings (SSSR count). The first-order chi connectivity index (χ1) is 9.90. The summed E-state index contributed by atoms with van der Waals surface area (Å²) in [4.78, 5) is 11.7. The first kappa shape index (κ1) is 15.1. The molecule has 8 heteroatoms. The summed E-state index contributed by atoms with van der Waals surface area (Å²) in [6, 6.07) is 5.65. The zero-order chi connectivity index (χ0) is 15.6. The monoisotopic (exact) mass is 318 g/mol. The Balaban J connectivity index is 2.17. The molecule has 2 N–H and O–H groups in total. The minimum absolute atomic E-state index is 0.0663. The Morgan fingerprint density at radius 2 is 1.48 bits per heavy atom. The molecule has 0 radical (unpaired) electrons. The van der Waals surface area contributed by atoms with Crippen LogP contribution < -0.4 is 10.9 Å². The molecule has 0 aliphatic rings. The van der Waals surface area contributed by atoms with Gasteiger partial charge in [0.05, 0.1) is 0 Å². The molecule has 0 aliphatic heterocycles. The SMILES string of the molecule is O=C(NNc1c(F)c(F)cc(F)c1F)c1ccc(Cl)cc1. The van der Waals surface area contributed by atoms with E-state index >= 15 is 0 Å². The van der Waals surface area contributed by atoms with Crippen molar-refractivity contribution in [2.75, 3.05) is 5.43 Å². The van der Waals surface area contributed by atoms with E-state index in [1.807, 2.05) is 10.9 Å². The maximum atomic E-state index is 13.3. The van der Waals surface area contributed by atoms with Crippen molar-refractivity contribution >= 4 is 23.2 Å². The molecule has 0 saturated carbocycles. The van der Waals surface area contributed by atoms with Gasteiger partial charge in [0.25, 0.3) is 5.91 Å². The summed E-state index contributed by atoms with van der Waals surface area (Å²) in [5, 5.41) is 0.392. The van der Waals surface area contributed by atoms with Crippen LogP contribution in [0.3, 0.4) is 0 Å². The molecule has 0 bridgehead atoms. The van der Waals surface area contributed by atoms with Crippen molar-refractivity contribution in [2.45, 2.75) is 0 Å². The lowest BCUT2D eigenvalue weighted by Crippen LogP contribution is -2.30. The number of hydrogen-bond donors (Lipinski definition) is 2. The fourth-order valence-corrected chi connectivity index (χ4v) is 1.60. The highest BCUT2D eigenvalue weighted by atomic mass is 35.5. The molecular weight excluding hydrogens is 312 g/mol. The summed E-state index contributed by atoms with van der Waals surface area (Å²) < 4.78 is 52.6. The van der Waals surface area contributed by atoms with Crippen LogP contribution in [0.2, 0.25) is 5.02 Å². The Morgan fingerprint density at radius 1 is 0.952 bits per heavy atom. The van der Waals surface area contributed by atoms with E-state index in [9.17, 15) is 22.4 Å². The van der Waals surface area contributed by atoms with Crippen molar-refractivity contribution in [1.29, 1.82) is 0 Å². The number of carbonyl (C=O) groups is 1. The van der Waals surface area contributed by atoms with Gasteiger partial charge in [-0.3, -0.25) is 15.6 Å². The highest BCUT2D eigenvalue weighted by Crippen LogP contribution is 2.23. The van der Waals surface area contributed by atoms with E-state index in [2.05, 4.69) is 0 Å². The van der Waals surface area contributed by atoms with Gasteiger partial charge in [-0.2, -0.15) is 0 Å². The topological polar surface area (TPSA) is 41.1 Å². The van der Waals surface area contributed by atoms with Crippen LogP contribution in [0, 0.1) is 23.3 Å². The molecule has 110 valence electrons. The summed E-state index contributed by atoms with van der Waals surface area (Å²) in [7, 11) is 0. The van der Waals surface area contributed by atoms with E-state index in [0.717, 1.165) is 0 Å². The first-order valence-corrected chi connectivity index (χ1v) is 5.93. The second kappa shape index (κ2) is 6.01. The van der Waals surface area contributed by atoms with Crippen molar-refractivity contribution in [3.8, 4) is 0 Å². The molecule has 0 saturated heterocycles. The van der Waals surface area contributed by atoms with Crippen LogP contribution in [0.1, 0.15) is 10.4 Å². The van der Waals surface area contributed by atoms with Gasteiger partial charge in [-0.05, 0) is 24.3 Å². The summed E-state index contributed by atoms with van der Waals surface area (Å²) in [5.74, 6) is -7.24. The maximum absolute atomic E-state index is 13.3. The van der Waals surface area contributed by atoms with E-state index in [4.69, 9.17) is 11.6 Å². The fraction of sp³-hybridized carbons (Fsp3) is 0. The predicted octanol–water partition coefficient (Wildman–Crippen LogP) is 3.65. The highest BCUT2D eigenvalue weighted by molar-refractivity contribution is 6.30. The minimum Gasteiger partial charge on any atom is -0.293 e. The lowest BCUT2D eigenvalue weighted by Gasteiger charge is -2.11. The van der Waals surface area contributed by atoms with Crippen LogP contribution in [-0.4, -0.2) is 5.91 Å². The Bertz CT molecular complexity index is 665. The smallest absolute Gasteiger partial charge is 0.269 e. The number of hydrogen-bond acceptors (Lipinski definition) is 2. The van der Waals surface area contributed by atoms with Crippen LogP contribution in [0.4, 0.5) is 23.2 Å². The van der Waals surface area contributed by atoms with Crippen LogP contribution in [0.25, 0.3) is 0 Å². The van der Waals surface area contributed by atoms with E-state index in [0.29, 0.717) is 5.02 Å². The standard InChI is InChI=1S/C13H7ClF4N2O/c14-7-3-1-6(2-4-7)13(21)20-19-12-10(17)8(15)5-9(16)11(12)18/h1-5,19H,(H,20,21). The van der Waals surface area contributed by atoms with E-state index < -0.39 is 34.9 Å². The number of hydrazine groups is 1. The molecule has 0 aromatic heterocycles. The maximum Gasteiger partial charge on any atom is 0.269 e. The molecule has 0 spiro atoms. The average Bonchev–Trinajstić information content (AvgIpc) is 2.45. The number of benzene rings is 2. The lowest BCUT2D eigenvalue weighted by molar-refractivity contribution is 0.0962. The van der Waals surface area contributed by atoms with Gasteiger partial charge in [0, 0.05) is 16.7 Å². The summed E-state index contributed by atoms with van der Waals surface area (Å²) in [5.41, 5.74) is 2.74. The van der Waals surface area contributed by atoms with E-state index in [1.54, 1.807) is 0 Å². The molecule has 3 nitrogen and oxygen atoms in total. The summed E-state index contributed by atoms with van der Waals surface area (Å²) in [6.45, 7) is 0. The van der Waals surface area contributed by atoms with Crippen LogP contribution >= 0.6 is 11.6 Å². The molecule has 0 unspecified atom stereocenters. The molecule has 21 heavy (non-hydrogen) atoms. The number of anilines is 1. The fourth-order valence-electron chi connectivity index (χ4n) is 1.48. The molecule has 0 aliphatic carbocycles. The number of amides is 1. The van der Waals surface area contributed by atoms with Gasteiger partial charge >= 0.3 is 0 Å². The molecule has 2 aromatic carbocycles. The Kier molecular flexibility index (Phi) is 4.32. The lowest BCUT2D eigenvalue weighted by atomic mass is 10.2. The Morgan fingerprint density at radius 3 is 2.00 bits per heavy atom. The van der Waals surface area contributed by atoms with Crippen molar-refractivity contribution < 1.29 is 22.4 Å². The highest BCUT2D eigenvalue weighted by Gasteiger charge is 2.19. The quantitative estimate of drug-likeness (QED) is 0.515. The normalized spacial score (nSPS) is 10.3. The molecular formula is C13H7ClF4N2O. The van der Waals surface area contributed by atoms with Gasteiger partial charge in [0.2, 0.25) is 0 Å². The van der Waals surface area contributed by atoms with Gasteiger partial charge in [0.1, 0.15) is 5.69 Å². The number of nitrogens with one attached hydrogen (secondary N) is 2. The molecule has 0 fully saturated rings. The molecule has 0 atom stereocenters. The number of rotatable bonds is 3. The third-order valence-electron chi connectivity index (χ3n) is 2.52. The van der Waals surface area contributed by atoms with Crippen molar-refractivity contribution in [3.05, 3.63) is 64.2 Å². The van der Waals surface area contributed by atoms with Gasteiger partial charge in [0.15, 0.2) is 23.3 Å². The second-order valence-electron chi connectivity index (χ2n) is 3.93. The van der Waals surface area contributed by atoms with E-state index in [-0.39, 0.29) is 11.6 Å². The van der Waals surface area contributed by atoms with Crippen molar-refractivity contribution in [2.24, 2.45) is 0 Å². The second-order valence-corrected chi connectivity index (χ2v) is 4.37. The number of halogens is 5. The van der Waals surface area contributed by atoms with Gasteiger partial charge in [-0.15, -0.1) is 0 Å². The molecule has 2 aromatic rings. The van der Waals surface area contributed by atoms with Crippen LogP contribution in [0.5, 0.6) is 0 Å². The van der Waals surface area contributed by atoms with Crippen LogP contribution in [0.15, 0.2) is 30.3 Å². The summed E-state index contributed by atoms with van der Waals surface area (Å²) in [6.07, 6.45) is 0. The van der Waals surface area contributed by atoms with Crippen LogP contribution in [-0.2, 0) is 0 Å². The minimum atomic E-state index is -1.65. The van der Waals surface area contributed by atoms with Gasteiger partial charge in [-0.1, -0.05) is 11.6 Å². The average molecular weight is 319 g/mol. The largest absolute Gasteiger partial charge is 0.293 e.